The summed E-state index contributed by atoms with van der Waals surface area (Å²) in [5.41, 5.74) is 2.96. The van der Waals surface area contributed by atoms with Gasteiger partial charge >= 0.3 is 0 Å². The number of nitrogens with zero attached hydrogens (tertiary/aromatic N) is 1. The van der Waals surface area contributed by atoms with E-state index in [2.05, 4.69) is 36.4 Å². The van der Waals surface area contributed by atoms with Crippen molar-refractivity contribution >= 4 is 11.6 Å². The fraction of sp³-hybridized carbons (Fsp3) is 0.588. The van der Waals surface area contributed by atoms with Crippen LogP contribution in [0, 0.1) is 12.8 Å². The average molecular weight is 289 g/mol. The molecule has 0 spiro atoms. The first kappa shape index (κ1) is 15.8. The number of benzene rings is 1. The van der Waals surface area contributed by atoms with Crippen molar-refractivity contribution in [1.29, 1.82) is 0 Å². The highest BCUT2D eigenvalue weighted by Gasteiger charge is 2.22. The Morgan fingerprint density at radius 1 is 1.33 bits per heavy atom. The molecule has 4 heteroatoms. The van der Waals surface area contributed by atoms with Crippen LogP contribution in [0.3, 0.4) is 0 Å². The Labute approximate surface area is 127 Å². The van der Waals surface area contributed by atoms with Crippen molar-refractivity contribution in [3.63, 3.8) is 0 Å². The molecule has 0 saturated carbocycles. The highest BCUT2D eigenvalue weighted by atomic mass is 16.1. The van der Waals surface area contributed by atoms with Crippen LogP contribution in [0.4, 0.5) is 5.69 Å². The van der Waals surface area contributed by atoms with Crippen molar-refractivity contribution in [2.45, 2.75) is 32.7 Å². The maximum Gasteiger partial charge on any atom is 0.251 e. The molecule has 1 aromatic carbocycles. The summed E-state index contributed by atoms with van der Waals surface area (Å²) in [7, 11) is 3.85. The molecular formula is C17H27N3O. The van der Waals surface area contributed by atoms with E-state index in [4.69, 9.17) is 0 Å². The van der Waals surface area contributed by atoms with E-state index in [1.54, 1.807) is 7.05 Å². The summed E-state index contributed by atoms with van der Waals surface area (Å²) >= 11 is 0. The predicted molar refractivity (Wildman–Crippen MR) is 87.9 cm³/mol. The summed E-state index contributed by atoms with van der Waals surface area (Å²) in [6.07, 6.45) is 2.47. The number of carbonyl (C=O) groups is 1. The van der Waals surface area contributed by atoms with Gasteiger partial charge in [-0.15, -0.1) is 0 Å². The molecule has 1 aliphatic rings. The lowest BCUT2D eigenvalue weighted by atomic mass is 9.90. The zero-order valence-corrected chi connectivity index (χ0v) is 13.6. The molecule has 1 heterocycles. The second kappa shape index (κ2) is 6.94. The minimum Gasteiger partial charge on any atom is -0.382 e. The molecular weight excluding hydrogens is 262 g/mol. The van der Waals surface area contributed by atoms with Crippen LogP contribution in [0.25, 0.3) is 0 Å². The Bertz CT molecular complexity index is 493. The van der Waals surface area contributed by atoms with E-state index in [-0.39, 0.29) is 5.91 Å². The van der Waals surface area contributed by atoms with Crippen LogP contribution >= 0.6 is 0 Å². The lowest BCUT2D eigenvalue weighted by Crippen LogP contribution is -2.37. The topological polar surface area (TPSA) is 44.4 Å². The molecule has 1 amide bonds. The van der Waals surface area contributed by atoms with Gasteiger partial charge in [-0.25, -0.2) is 0 Å². The van der Waals surface area contributed by atoms with Gasteiger partial charge in [0.1, 0.15) is 0 Å². The molecule has 0 bridgehead atoms. The SMILES string of the molecule is CNC(=O)c1ccc(C)c(NC(C)C2CCN(C)CC2)c1. The number of piperidine rings is 1. The van der Waals surface area contributed by atoms with Crippen molar-refractivity contribution in [3.8, 4) is 0 Å². The van der Waals surface area contributed by atoms with Gasteiger partial charge in [-0.05, 0) is 70.4 Å². The first-order valence-electron chi connectivity index (χ1n) is 7.79. The van der Waals surface area contributed by atoms with Crippen molar-refractivity contribution in [2.75, 3.05) is 32.5 Å². The predicted octanol–water partition coefficient (Wildman–Crippen LogP) is 2.50. The summed E-state index contributed by atoms with van der Waals surface area (Å²) < 4.78 is 0. The van der Waals surface area contributed by atoms with Crippen LogP contribution in [0.15, 0.2) is 18.2 Å². The molecule has 21 heavy (non-hydrogen) atoms. The number of hydrogen-bond donors (Lipinski definition) is 2. The summed E-state index contributed by atoms with van der Waals surface area (Å²) in [5.74, 6) is 0.661. The Hall–Kier alpha value is -1.55. The molecule has 1 fully saturated rings. The van der Waals surface area contributed by atoms with Crippen LogP contribution in [-0.2, 0) is 0 Å². The Balaban J connectivity index is 2.06. The van der Waals surface area contributed by atoms with Crippen LogP contribution < -0.4 is 10.6 Å². The van der Waals surface area contributed by atoms with E-state index in [1.165, 1.54) is 31.5 Å². The van der Waals surface area contributed by atoms with E-state index in [9.17, 15) is 4.79 Å². The summed E-state index contributed by atoms with van der Waals surface area (Å²) in [6, 6.07) is 6.27. The molecule has 1 atom stereocenters. The zero-order chi connectivity index (χ0) is 15.4. The van der Waals surface area contributed by atoms with Gasteiger partial charge in [-0.2, -0.15) is 0 Å². The maximum absolute atomic E-state index is 11.8. The molecule has 1 unspecified atom stereocenters. The Morgan fingerprint density at radius 3 is 2.62 bits per heavy atom. The van der Waals surface area contributed by atoms with E-state index < -0.39 is 0 Å². The maximum atomic E-state index is 11.8. The first-order valence-corrected chi connectivity index (χ1v) is 7.79. The van der Waals surface area contributed by atoms with E-state index in [0.29, 0.717) is 17.5 Å². The standard InChI is InChI=1S/C17H27N3O/c1-12-5-6-15(17(21)18-3)11-16(12)19-13(2)14-7-9-20(4)10-8-14/h5-6,11,13-14,19H,7-10H2,1-4H3,(H,18,21). The minimum absolute atomic E-state index is 0.0370. The van der Waals surface area contributed by atoms with Gasteiger partial charge in [0.2, 0.25) is 0 Å². The third-order valence-corrected chi connectivity index (χ3v) is 4.58. The molecule has 1 aliphatic heterocycles. The number of anilines is 1. The fourth-order valence-electron chi connectivity index (χ4n) is 2.95. The number of hydrogen-bond acceptors (Lipinski definition) is 3. The average Bonchev–Trinajstić information content (AvgIpc) is 2.49. The van der Waals surface area contributed by atoms with Gasteiger partial charge < -0.3 is 15.5 Å². The summed E-state index contributed by atoms with van der Waals surface area (Å²) in [6.45, 7) is 6.68. The quantitative estimate of drug-likeness (QED) is 0.895. The number of carbonyl (C=O) groups excluding carboxylic acids is 1. The highest BCUT2D eigenvalue weighted by Crippen LogP contribution is 2.24. The van der Waals surface area contributed by atoms with Crippen molar-refractivity contribution in [2.24, 2.45) is 5.92 Å². The lowest BCUT2D eigenvalue weighted by Gasteiger charge is -2.33. The number of aryl methyl sites for hydroxylation is 1. The second-order valence-electron chi connectivity index (χ2n) is 6.18. The molecule has 0 aliphatic carbocycles. The molecule has 0 radical (unpaired) electrons. The Kier molecular flexibility index (Phi) is 5.23. The van der Waals surface area contributed by atoms with Crippen LogP contribution in [-0.4, -0.2) is 44.0 Å². The van der Waals surface area contributed by atoms with Crippen LogP contribution in [0.2, 0.25) is 0 Å². The molecule has 1 saturated heterocycles. The van der Waals surface area contributed by atoms with Crippen molar-refractivity contribution in [3.05, 3.63) is 29.3 Å². The third kappa shape index (κ3) is 3.97. The van der Waals surface area contributed by atoms with Crippen molar-refractivity contribution < 1.29 is 4.79 Å². The largest absolute Gasteiger partial charge is 0.382 e. The second-order valence-corrected chi connectivity index (χ2v) is 6.18. The molecule has 0 aromatic heterocycles. The third-order valence-electron chi connectivity index (χ3n) is 4.58. The summed E-state index contributed by atoms with van der Waals surface area (Å²) in [5, 5.41) is 6.29. The minimum atomic E-state index is -0.0370. The zero-order valence-electron chi connectivity index (χ0n) is 13.6. The molecule has 4 nitrogen and oxygen atoms in total. The number of nitrogens with one attached hydrogen (secondary N) is 2. The van der Waals surface area contributed by atoms with Gasteiger partial charge in [0, 0.05) is 24.3 Å². The molecule has 116 valence electrons. The lowest BCUT2D eigenvalue weighted by molar-refractivity contribution is 0.0963. The molecule has 1 aromatic rings. The summed E-state index contributed by atoms with van der Waals surface area (Å²) in [4.78, 5) is 14.1. The molecule has 2 rings (SSSR count). The fourth-order valence-corrected chi connectivity index (χ4v) is 2.95. The van der Waals surface area contributed by atoms with Gasteiger partial charge in [0.25, 0.3) is 5.91 Å². The van der Waals surface area contributed by atoms with Crippen molar-refractivity contribution in [1.82, 2.24) is 10.2 Å². The normalized spacial score (nSPS) is 18.3. The van der Waals surface area contributed by atoms with E-state index in [1.807, 2.05) is 18.2 Å². The smallest absolute Gasteiger partial charge is 0.251 e. The monoisotopic (exact) mass is 289 g/mol. The van der Waals surface area contributed by atoms with Gasteiger partial charge in [-0.3, -0.25) is 4.79 Å². The Morgan fingerprint density at radius 2 is 2.00 bits per heavy atom. The van der Waals surface area contributed by atoms with Crippen LogP contribution in [0.5, 0.6) is 0 Å². The van der Waals surface area contributed by atoms with Gasteiger partial charge in [-0.1, -0.05) is 6.07 Å². The van der Waals surface area contributed by atoms with Crippen LogP contribution in [0.1, 0.15) is 35.7 Å². The van der Waals surface area contributed by atoms with E-state index >= 15 is 0 Å². The number of amides is 1. The highest BCUT2D eigenvalue weighted by molar-refractivity contribution is 5.95. The van der Waals surface area contributed by atoms with Gasteiger partial charge in [0.05, 0.1) is 0 Å². The first-order chi connectivity index (χ1) is 10.0. The number of likely N-dealkylation sites (tertiary alicyclic amines) is 1. The number of rotatable bonds is 4. The van der Waals surface area contributed by atoms with Gasteiger partial charge in [0.15, 0.2) is 0 Å². The molecule has 2 N–H and O–H groups in total. The van der Waals surface area contributed by atoms with E-state index in [0.717, 1.165) is 5.69 Å².